The highest BCUT2D eigenvalue weighted by Gasteiger charge is 2.37. The second-order valence-corrected chi connectivity index (χ2v) is 5.00. The van der Waals surface area contributed by atoms with Gasteiger partial charge in [0.05, 0.1) is 19.8 Å². The third-order valence-electron chi connectivity index (χ3n) is 3.80. The molecule has 0 saturated carbocycles. The highest BCUT2D eigenvalue weighted by Crippen LogP contribution is 2.35. The molecule has 1 aromatic carbocycles. The average Bonchev–Trinajstić information content (AvgIpc) is 2.59. The molecule has 2 rings (SSSR count). The van der Waals surface area contributed by atoms with Crippen LogP contribution in [0.1, 0.15) is 24.0 Å². The molecule has 1 heterocycles. The van der Waals surface area contributed by atoms with Crippen LogP contribution in [0, 0.1) is 5.92 Å². The summed E-state index contributed by atoms with van der Waals surface area (Å²) in [6, 6.07) is 7.83. The minimum atomic E-state index is -0.642. The van der Waals surface area contributed by atoms with E-state index in [-0.39, 0.29) is 0 Å². The maximum atomic E-state index is 12.0. The molecular formula is C17H19NO4. The summed E-state index contributed by atoms with van der Waals surface area (Å²) in [5.74, 6) is -2.02. The molecule has 0 amide bonds. The molecular weight excluding hydrogens is 282 g/mol. The van der Waals surface area contributed by atoms with Crippen molar-refractivity contribution in [3.8, 4) is 0 Å². The lowest BCUT2D eigenvalue weighted by atomic mass is 9.79. The Hall–Kier alpha value is -2.43. The number of ether oxygens (including phenoxy) is 2. The predicted molar refractivity (Wildman–Crippen MR) is 82.7 cm³/mol. The van der Waals surface area contributed by atoms with Crippen LogP contribution in [0.25, 0.3) is 0 Å². The van der Waals surface area contributed by atoms with Crippen LogP contribution in [0.4, 0.5) is 0 Å². The molecule has 0 aromatic heterocycles. The molecule has 0 aliphatic carbocycles. The SMILES string of the molecule is CCc1ccc([C@H]2C(C(=O)OC)=CN=CC2C(=O)OC)cc1. The zero-order chi connectivity index (χ0) is 16.1. The number of hydrogen-bond acceptors (Lipinski definition) is 5. The average molecular weight is 301 g/mol. The Bertz CT molecular complexity index is 616. The second kappa shape index (κ2) is 7.02. The Morgan fingerprint density at radius 3 is 2.36 bits per heavy atom. The van der Waals surface area contributed by atoms with Crippen molar-refractivity contribution in [3.63, 3.8) is 0 Å². The van der Waals surface area contributed by atoms with Gasteiger partial charge in [0.2, 0.25) is 0 Å². The molecule has 5 heteroatoms. The number of esters is 2. The maximum absolute atomic E-state index is 12.0. The minimum Gasteiger partial charge on any atom is -0.468 e. The van der Waals surface area contributed by atoms with E-state index < -0.39 is 23.8 Å². The normalized spacial score (nSPS) is 20.2. The van der Waals surface area contributed by atoms with E-state index in [1.165, 1.54) is 32.2 Å². The molecule has 0 spiro atoms. The van der Waals surface area contributed by atoms with Crippen molar-refractivity contribution in [2.45, 2.75) is 19.3 Å². The lowest BCUT2D eigenvalue weighted by Gasteiger charge is -2.26. The van der Waals surface area contributed by atoms with E-state index in [2.05, 4.69) is 11.9 Å². The van der Waals surface area contributed by atoms with E-state index in [1.807, 2.05) is 24.3 Å². The van der Waals surface area contributed by atoms with Crippen LogP contribution >= 0.6 is 0 Å². The van der Waals surface area contributed by atoms with Crippen molar-refractivity contribution < 1.29 is 19.1 Å². The van der Waals surface area contributed by atoms with Gasteiger partial charge >= 0.3 is 11.9 Å². The third kappa shape index (κ3) is 3.08. The monoisotopic (exact) mass is 301 g/mol. The summed E-state index contributed by atoms with van der Waals surface area (Å²) >= 11 is 0. The summed E-state index contributed by atoms with van der Waals surface area (Å²) < 4.78 is 9.65. The molecule has 22 heavy (non-hydrogen) atoms. The second-order valence-electron chi connectivity index (χ2n) is 5.00. The van der Waals surface area contributed by atoms with E-state index in [0.717, 1.165) is 12.0 Å². The van der Waals surface area contributed by atoms with Crippen LogP contribution in [-0.2, 0) is 25.5 Å². The maximum Gasteiger partial charge on any atom is 0.335 e. The molecule has 1 unspecified atom stereocenters. The zero-order valence-electron chi connectivity index (χ0n) is 12.9. The molecule has 2 atom stereocenters. The Morgan fingerprint density at radius 1 is 1.14 bits per heavy atom. The fourth-order valence-corrected chi connectivity index (χ4v) is 2.55. The molecule has 0 radical (unpaired) electrons. The highest BCUT2D eigenvalue weighted by atomic mass is 16.5. The fourth-order valence-electron chi connectivity index (χ4n) is 2.55. The first-order chi connectivity index (χ1) is 10.6. The van der Waals surface area contributed by atoms with Crippen LogP contribution in [0.5, 0.6) is 0 Å². The standard InChI is InChI=1S/C17H19NO4/c1-4-11-5-7-12(8-6-11)15-13(16(19)21-2)9-18-10-14(15)17(20)22-3/h5-10,13,15H,4H2,1-3H3/t13?,15-/m1/s1. The van der Waals surface area contributed by atoms with Crippen LogP contribution in [0.3, 0.4) is 0 Å². The van der Waals surface area contributed by atoms with Crippen molar-refractivity contribution in [1.82, 2.24) is 0 Å². The topological polar surface area (TPSA) is 65.0 Å². The van der Waals surface area contributed by atoms with E-state index in [4.69, 9.17) is 9.47 Å². The van der Waals surface area contributed by atoms with Crippen LogP contribution in [-0.4, -0.2) is 32.4 Å². The first-order valence-electron chi connectivity index (χ1n) is 7.10. The Morgan fingerprint density at radius 2 is 1.82 bits per heavy atom. The van der Waals surface area contributed by atoms with Crippen molar-refractivity contribution >= 4 is 18.2 Å². The van der Waals surface area contributed by atoms with E-state index in [9.17, 15) is 9.59 Å². The molecule has 1 aromatic rings. The number of carbonyl (C=O) groups excluding carboxylic acids is 2. The van der Waals surface area contributed by atoms with Crippen LogP contribution in [0.15, 0.2) is 41.0 Å². The van der Waals surface area contributed by atoms with Gasteiger partial charge in [-0.05, 0) is 17.5 Å². The van der Waals surface area contributed by atoms with Gasteiger partial charge in [-0.25, -0.2) is 4.79 Å². The third-order valence-corrected chi connectivity index (χ3v) is 3.80. The number of aliphatic imine (C=N–C) groups is 1. The largest absolute Gasteiger partial charge is 0.468 e. The number of rotatable bonds is 4. The van der Waals surface area contributed by atoms with Crippen molar-refractivity contribution in [2.75, 3.05) is 14.2 Å². The van der Waals surface area contributed by atoms with Crippen molar-refractivity contribution in [1.29, 1.82) is 0 Å². The summed E-state index contributed by atoms with van der Waals surface area (Å²) in [5, 5.41) is 0. The first-order valence-corrected chi connectivity index (χ1v) is 7.10. The molecule has 5 nitrogen and oxygen atoms in total. The molecule has 1 aliphatic heterocycles. The van der Waals surface area contributed by atoms with E-state index in [0.29, 0.717) is 5.57 Å². The Labute approximate surface area is 129 Å². The Kier molecular flexibility index (Phi) is 5.09. The number of carbonyl (C=O) groups is 2. The van der Waals surface area contributed by atoms with E-state index in [1.54, 1.807) is 0 Å². The molecule has 0 saturated heterocycles. The van der Waals surface area contributed by atoms with Gasteiger partial charge in [0.1, 0.15) is 5.92 Å². The minimum absolute atomic E-state index is 0.352. The predicted octanol–water partition coefficient (Wildman–Crippen LogP) is 2.26. The molecule has 1 aliphatic rings. The van der Waals surface area contributed by atoms with Crippen molar-refractivity contribution in [2.24, 2.45) is 10.9 Å². The zero-order valence-corrected chi connectivity index (χ0v) is 12.9. The summed E-state index contributed by atoms with van der Waals surface area (Å²) in [6.45, 7) is 2.07. The van der Waals surface area contributed by atoms with Gasteiger partial charge in [0.25, 0.3) is 0 Å². The summed E-state index contributed by atoms with van der Waals surface area (Å²) in [5.41, 5.74) is 2.39. The van der Waals surface area contributed by atoms with Crippen LogP contribution in [0.2, 0.25) is 0 Å². The van der Waals surface area contributed by atoms with Gasteiger partial charge in [0.15, 0.2) is 0 Å². The molecule has 0 N–H and O–H groups in total. The molecule has 0 bridgehead atoms. The number of hydrogen-bond donors (Lipinski definition) is 0. The molecule has 116 valence electrons. The number of aryl methyl sites for hydroxylation is 1. The van der Waals surface area contributed by atoms with Gasteiger partial charge in [-0.2, -0.15) is 0 Å². The summed E-state index contributed by atoms with van der Waals surface area (Å²) in [6.07, 6.45) is 3.88. The van der Waals surface area contributed by atoms with Gasteiger partial charge in [-0.1, -0.05) is 31.2 Å². The van der Waals surface area contributed by atoms with Gasteiger partial charge < -0.3 is 9.47 Å². The number of benzene rings is 1. The van der Waals surface area contributed by atoms with Crippen molar-refractivity contribution in [3.05, 3.63) is 47.2 Å². The number of methoxy groups -OCH3 is 2. The highest BCUT2D eigenvalue weighted by molar-refractivity contribution is 5.99. The smallest absolute Gasteiger partial charge is 0.335 e. The quantitative estimate of drug-likeness (QED) is 0.800. The lowest BCUT2D eigenvalue weighted by Crippen LogP contribution is -2.31. The van der Waals surface area contributed by atoms with E-state index >= 15 is 0 Å². The van der Waals surface area contributed by atoms with Gasteiger partial charge in [-0.3, -0.25) is 9.79 Å². The van der Waals surface area contributed by atoms with Crippen LogP contribution < -0.4 is 0 Å². The summed E-state index contributed by atoms with van der Waals surface area (Å²) in [7, 11) is 2.63. The van der Waals surface area contributed by atoms with Gasteiger partial charge in [-0.15, -0.1) is 0 Å². The van der Waals surface area contributed by atoms with Gasteiger partial charge in [0, 0.05) is 18.3 Å². The lowest BCUT2D eigenvalue weighted by molar-refractivity contribution is -0.143. The first kappa shape index (κ1) is 15.9. The summed E-state index contributed by atoms with van der Waals surface area (Å²) in [4.78, 5) is 28.0. The molecule has 0 fully saturated rings. The Balaban J connectivity index is 2.45. The number of nitrogens with zero attached hydrogens (tertiary/aromatic N) is 1. The fraction of sp³-hybridized carbons (Fsp3) is 0.353.